The van der Waals surface area contributed by atoms with Crippen LogP contribution in [0.3, 0.4) is 0 Å². The SMILES string of the molecule is CC(=O)OC(c1ccc(F)cc1)C(Cl)(Cl)Cl. The molecule has 1 rings (SSSR count). The zero-order chi connectivity index (χ0) is 12.3. The number of ether oxygens (including phenoxy) is 1. The van der Waals surface area contributed by atoms with Crippen molar-refractivity contribution >= 4 is 40.8 Å². The van der Waals surface area contributed by atoms with Crippen LogP contribution in [0.4, 0.5) is 4.39 Å². The van der Waals surface area contributed by atoms with Gasteiger partial charge in [0.15, 0.2) is 6.10 Å². The van der Waals surface area contributed by atoms with Gasteiger partial charge in [0, 0.05) is 6.92 Å². The van der Waals surface area contributed by atoms with Gasteiger partial charge >= 0.3 is 5.97 Å². The van der Waals surface area contributed by atoms with Crippen LogP contribution in [0.25, 0.3) is 0 Å². The molecule has 0 saturated heterocycles. The van der Waals surface area contributed by atoms with Crippen LogP contribution in [-0.4, -0.2) is 9.76 Å². The van der Waals surface area contributed by atoms with Crippen LogP contribution in [0.1, 0.15) is 18.6 Å². The minimum Gasteiger partial charge on any atom is -0.453 e. The maximum absolute atomic E-state index is 12.7. The summed E-state index contributed by atoms with van der Waals surface area (Å²) in [6, 6.07) is 5.18. The van der Waals surface area contributed by atoms with E-state index < -0.39 is 21.7 Å². The fourth-order valence-corrected chi connectivity index (χ4v) is 1.64. The van der Waals surface area contributed by atoms with E-state index in [1.165, 1.54) is 31.2 Å². The first-order chi connectivity index (χ1) is 7.30. The molecule has 0 bridgehead atoms. The molecular weight excluding hydrogens is 277 g/mol. The third kappa shape index (κ3) is 3.81. The van der Waals surface area contributed by atoms with E-state index in [-0.39, 0.29) is 0 Å². The molecule has 0 amide bonds. The molecule has 6 heteroatoms. The quantitative estimate of drug-likeness (QED) is 0.610. The molecule has 0 heterocycles. The van der Waals surface area contributed by atoms with Crippen molar-refractivity contribution < 1.29 is 13.9 Å². The molecule has 16 heavy (non-hydrogen) atoms. The third-order valence-corrected chi connectivity index (χ3v) is 2.35. The number of hydrogen-bond acceptors (Lipinski definition) is 2. The summed E-state index contributed by atoms with van der Waals surface area (Å²) in [4.78, 5) is 10.9. The van der Waals surface area contributed by atoms with Crippen molar-refractivity contribution in [1.29, 1.82) is 0 Å². The topological polar surface area (TPSA) is 26.3 Å². The molecule has 0 aliphatic rings. The summed E-state index contributed by atoms with van der Waals surface area (Å²) in [7, 11) is 0. The second kappa shape index (κ2) is 5.21. The summed E-state index contributed by atoms with van der Waals surface area (Å²) in [5, 5.41) is 0. The molecule has 0 saturated carbocycles. The first-order valence-electron chi connectivity index (χ1n) is 4.30. The minimum absolute atomic E-state index is 0.414. The third-order valence-electron chi connectivity index (χ3n) is 1.75. The van der Waals surface area contributed by atoms with Crippen molar-refractivity contribution in [2.45, 2.75) is 16.8 Å². The lowest BCUT2D eigenvalue weighted by molar-refractivity contribution is -0.146. The standard InChI is InChI=1S/C10H8Cl3FO2/c1-6(15)16-9(10(11,12)13)7-2-4-8(14)5-3-7/h2-5,9H,1H3. The number of rotatable bonds is 2. The van der Waals surface area contributed by atoms with Crippen LogP contribution in [0.15, 0.2) is 24.3 Å². The van der Waals surface area contributed by atoms with Crippen molar-refractivity contribution in [1.82, 2.24) is 0 Å². The van der Waals surface area contributed by atoms with Gasteiger partial charge in [-0.05, 0) is 17.7 Å². The Morgan fingerprint density at radius 3 is 2.19 bits per heavy atom. The molecule has 1 aromatic carbocycles. The first-order valence-corrected chi connectivity index (χ1v) is 5.43. The smallest absolute Gasteiger partial charge is 0.303 e. The van der Waals surface area contributed by atoms with Crippen LogP contribution < -0.4 is 0 Å². The predicted octanol–water partition coefficient (Wildman–Crippen LogP) is 3.80. The predicted molar refractivity (Wildman–Crippen MR) is 61.2 cm³/mol. The number of alkyl halides is 3. The van der Waals surface area contributed by atoms with Gasteiger partial charge in [-0.15, -0.1) is 0 Å². The largest absolute Gasteiger partial charge is 0.453 e. The van der Waals surface area contributed by atoms with Gasteiger partial charge in [0.25, 0.3) is 0 Å². The highest BCUT2D eigenvalue weighted by molar-refractivity contribution is 6.68. The van der Waals surface area contributed by atoms with Crippen LogP contribution >= 0.6 is 34.8 Å². The molecule has 0 spiro atoms. The summed E-state index contributed by atoms with van der Waals surface area (Å²) >= 11 is 17.0. The lowest BCUT2D eigenvalue weighted by Gasteiger charge is -2.24. The van der Waals surface area contributed by atoms with Crippen molar-refractivity contribution in [3.8, 4) is 0 Å². The summed E-state index contributed by atoms with van der Waals surface area (Å²) < 4.78 is 15.8. The zero-order valence-electron chi connectivity index (χ0n) is 8.22. The van der Waals surface area contributed by atoms with E-state index in [2.05, 4.69) is 0 Å². The molecule has 0 N–H and O–H groups in total. The molecule has 0 fully saturated rings. The molecular formula is C10H8Cl3FO2. The van der Waals surface area contributed by atoms with Crippen LogP contribution in [0.2, 0.25) is 0 Å². The summed E-state index contributed by atoms with van der Waals surface area (Å²) in [5.74, 6) is -1.00. The highest BCUT2D eigenvalue weighted by Crippen LogP contribution is 2.42. The second-order valence-electron chi connectivity index (χ2n) is 3.08. The molecule has 1 aromatic rings. The van der Waals surface area contributed by atoms with Crippen LogP contribution in [0.5, 0.6) is 0 Å². The van der Waals surface area contributed by atoms with Gasteiger partial charge in [-0.1, -0.05) is 46.9 Å². The Morgan fingerprint density at radius 2 is 1.81 bits per heavy atom. The van der Waals surface area contributed by atoms with Crippen LogP contribution in [0, 0.1) is 5.82 Å². The molecule has 2 nitrogen and oxygen atoms in total. The summed E-state index contributed by atoms with van der Waals surface area (Å²) in [6.07, 6.45) is -1.06. The first kappa shape index (κ1) is 13.6. The number of carbonyl (C=O) groups excluding carboxylic acids is 1. The van der Waals surface area contributed by atoms with Gasteiger partial charge in [-0.25, -0.2) is 4.39 Å². The Balaban J connectivity index is 3.01. The Morgan fingerprint density at radius 1 is 1.31 bits per heavy atom. The Bertz CT molecular complexity index is 373. The molecule has 88 valence electrons. The van der Waals surface area contributed by atoms with E-state index >= 15 is 0 Å². The van der Waals surface area contributed by atoms with Gasteiger partial charge in [-0.3, -0.25) is 4.79 Å². The van der Waals surface area contributed by atoms with E-state index in [1.807, 2.05) is 0 Å². The average Bonchev–Trinajstić information content (AvgIpc) is 2.14. The second-order valence-corrected chi connectivity index (χ2v) is 5.45. The minimum atomic E-state index is -1.80. The van der Waals surface area contributed by atoms with Crippen molar-refractivity contribution in [3.63, 3.8) is 0 Å². The summed E-state index contributed by atoms with van der Waals surface area (Å²) in [5.41, 5.74) is 0.414. The van der Waals surface area contributed by atoms with Gasteiger partial charge in [0.1, 0.15) is 5.82 Å². The van der Waals surface area contributed by atoms with E-state index in [0.717, 1.165) is 0 Å². The Hall–Kier alpha value is -0.510. The van der Waals surface area contributed by atoms with E-state index in [0.29, 0.717) is 5.56 Å². The number of halogens is 4. The zero-order valence-corrected chi connectivity index (χ0v) is 10.5. The van der Waals surface area contributed by atoms with Crippen molar-refractivity contribution in [3.05, 3.63) is 35.6 Å². The molecule has 1 atom stereocenters. The lowest BCUT2D eigenvalue weighted by Crippen LogP contribution is -2.22. The highest BCUT2D eigenvalue weighted by Gasteiger charge is 2.36. The van der Waals surface area contributed by atoms with Crippen LogP contribution in [-0.2, 0) is 9.53 Å². The van der Waals surface area contributed by atoms with Crippen molar-refractivity contribution in [2.24, 2.45) is 0 Å². The molecule has 1 unspecified atom stereocenters. The monoisotopic (exact) mass is 284 g/mol. The number of benzene rings is 1. The molecule has 0 radical (unpaired) electrons. The van der Waals surface area contributed by atoms with Gasteiger partial charge in [0.2, 0.25) is 3.79 Å². The normalized spacial score (nSPS) is 13.3. The summed E-state index contributed by atoms with van der Waals surface area (Å²) in [6.45, 7) is 1.20. The molecule has 0 aliphatic carbocycles. The Kier molecular flexibility index (Phi) is 4.42. The van der Waals surface area contributed by atoms with Gasteiger partial charge in [-0.2, -0.15) is 0 Å². The highest BCUT2D eigenvalue weighted by atomic mass is 35.6. The number of carbonyl (C=O) groups is 1. The lowest BCUT2D eigenvalue weighted by atomic mass is 10.1. The van der Waals surface area contributed by atoms with E-state index in [4.69, 9.17) is 39.5 Å². The maximum Gasteiger partial charge on any atom is 0.303 e. The Labute approximate surface area is 107 Å². The fraction of sp³-hybridized carbons (Fsp3) is 0.300. The average molecular weight is 286 g/mol. The molecule has 0 aromatic heterocycles. The molecule has 0 aliphatic heterocycles. The van der Waals surface area contributed by atoms with E-state index in [1.54, 1.807) is 0 Å². The van der Waals surface area contributed by atoms with Crippen molar-refractivity contribution in [2.75, 3.05) is 0 Å². The van der Waals surface area contributed by atoms with Gasteiger partial charge < -0.3 is 4.74 Å². The van der Waals surface area contributed by atoms with Gasteiger partial charge in [0.05, 0.1) is 0 Å². The fourth-order valence-electron chi connectivity index (χ4n) is 1.13. The number of hydrogen-bond donors (Lipinski definition) is 0. The van der Waals surface area contributed by atoms with E-state index in [9.17, 15) is 9.18 Å². The maximum atomic E-state index is 12.7. The number of esters is 1.